The fraction of sp³-hybridized carbons (Fsp3) is 0.400. The van der Waals surface area contributed by atoms with Crippen molar-refractivity contribution < 1.29 is 0 Å². The molecule has 0 spiro atoms. The monoisotopic (exact) mass is 220 g/mol. The molecule has 6 nitrogen and oxygen atoms in total. The van der Waals surface area contributed by atoms with Crippen LogP contribution in [0.3, 0.4) is 0 Å². The van der Waals surface area contributed by atoms with Crippen LogP contribution in [0, 0.1) is 0 Å². The Morgan fingerprint density at radius 1 is 1.44 bits per heavy atom. The molecule has 0 aliphatic carbocycles. The molecular formula is C10H16N6. The Hall–Kier alpha value is -1.98. The van der Waals surface area contributed by atoms with Crippen LogP contribution in [0.25, 0.3) is 0 Å². The van der Waals surface area contributed by atoms with Gasteiger partial charge in [0.1, 0.15) is 12.0 Å². The summed E-state index contributed by atoms with van der Waals surface area (Å²) in [5.41, 5.74) is 0. The lowest BCUT2D eigenvalue weighted by molar-refractivity contribution is 0.749. The average molecular weight is 220 g/mol. The molecule has 1 atom stereocenters. The summed E-state index contributed by atoms with van der Waals surface area (Å²) >= 11 is 0. The Labute approximate surface area is 94.5 Å². The summed E-state index contributed by atoms with van der Waals surface area (Å²) in [5, 5.41) is 6.10. The zero-order valence-electron chi connectivity index (χ0n) is 9.65. The van der Waals surface area contributed by atoms with Crippen molar-refractivity contribution in [1.82, 2.24) is 15.6 Å². The lowest BCUT2D eigenvalue weighted by atomic mass is 10.5. The van der Waals surface area contributed by atoms with Crippen molar-refractivity contribution in [1.29, 1.82) is 0 Å². The van der Waals surface area contributed by atoms with Crippen LogP contribution in [0.2, 0.25) is 0 Å². The van der Waals surface area contributed by atoms with Gasteiger partial charge in [-0.1, -0.05) is 0 Å². The highest BCUT2D eigenvalue weighted by Crippen LogP contribution is 2.10. The third-order valence-electron chi connectivity index (χ3n) is 2.35. The molecule has 0 aromatic carbocycles. The molecule has 0 saturated heterocycles. The van der Waals surface area contributed by atoms with Crippen molar-refractivity contribution in [3.8, 4) is 0 Å². The molecule has 0 saturated carbocycles. The molecule has 1 aromatic rings. The first-order valence-electron chi connectivity index (χ1n) is 5.18. The van der Waals surface area contributed by atoms with Crippen molar-refractivity contribution in [2.45, 2.75) is 13.1 Å². The second kappa shape index (κ2) is 4.26. The summed E-state index contributed by atoms with van der Waals surface area (Å²) in [6, 6.07) is 3.94. The van der Waals surface area contributed by atoms with Crippen LogP contribution in [-0.2, 0) is 0 Å². The first-order valence-corrected chi connectivity index (χ1v) is 5.18. The number of nitrogens with one attached hydrogen (secondary N) is 3. The number of aromatic nitrogens is 1. The number of hydrogen-bond donors (Lipinski definition) is 3. The van der Waals surface area contributed by atoms with E-state index >= 15 is 0 Å². The van der Waals surface area contributed by atoms with Crippen LogP contribution >= 0.6 is 0 Å². The van der Waals surface area contributed by atoms with Crippen LogP contribution in [0.15, 0.2) is 28.3 Å². The quantitative estimate of drug-likeness (QED) is 0.639. The van der Waals surface area contributed by atoms with E-state index in [2.05, 4.69) is 25.6 Å². The molecule has 16 heavy (non-hydrogen) atoms. The third-order valence-corrected chi connectivity index (χ3v) is 2.35. The molecule has 1 aliphatic rings. The van der Waals surface area contributed by atoms with Gasteiger partial charge in [0.05, 0.1) is 0 Å². The Morgan fingerprint density at radius 3 is 2.88 bits per heavy atom. The second-order valence-electron chi connectivity index (χ2n) is 3.55. The number of H-pyrrole nitrogens is 1. The highest BCUT2D eigenvalue weighted by molar-refractivity contribution is 6.06. The van der Waals surface area contributed by atoms with E-state index in [9.17, 15) is 0 Å². The van der Waals surface area contributed by atoms with Gasteiger partial charge in [-0.3, -0.25) is 5.32 Å². The largest absolute Gasteiger partial charge is 0.359 e. The van der Waals surface area contributed by atoms with Crippen LogP contribution in [-0.4, -0.2) is 37.2 Å². The Balaban J connectivity index is 2.16. The van der Waals surface area contributed by atoms with Crippen LogP contribution in [0.4, 0.5) is 5.82 Å². The number of rotatable bonds is 1. The molecule has 0 radical (unpaired) electrons. The van der Waals surface area contributed by atoms with E-state index in [0.717, 1.165) is 17.7 Å². The van der Waals surface area contributed by atoms with Gasteiger partial charge in [0.2, 0.25) is 5.96 Å². The minimum Gasteiger partial charge on any atom is -0.359 e. The normalized spacial score (nSPS) is 19.6. The zero-order valence-corrected chi connectivity index (χ0v) is 9.65. The summed E-state index contributed by atoms with van der Waals surface area (Å²) in [7, 11) is 3.78. The lowest BCUT2D eigenvalue weighted by Gasteiger charge is -2.25. The highest BCUT2D eigenvalue weighted by atomic mass is 15.4. The number of guanidine groups is 2. The van der Waals surface area contributed by atoms with Crippen molar-refractivity contribution in [2.75, 3.05) is 19.0 Å². The summed E-state index contributed by atoms with van der Waals surface area (Å²) in [6.07, 6.45) is 1.81. The van der Waals surface area contributed by atoms with Gasteiger partial charge in [-0.05, 0) is 19.1 Å². The molecular weight excluding hydrogens is 204 g/mol. The molecule has 0 amide bonds. The SMILES string of the molecule is CNC1=NC(C)N=C(N(C)c2ccc[nH]2)N1. The predicted octanol–water partition coefficient (Wildman–Crippen LogP) is 0.331. The van der Waals surface area contributed by atoms with E-state index < -0.39 is 0 Å². The average Bonchev–Trinajstić information content (AvgIpc) is 2.80. The van der Waals surface area contributed by atoms with Gasteiger partial charge in [0, 0.05) is 20.3 Å². The maximum Gasteiger partial charge on any atom is 0.208 e. The van der Waals surface area contributed by atoms with Gasteiger partial charge in [-0.2, -0.15) is 0 Å². The Kier molecular flexibility index (Phi) is 2.80. The van der Waals surface area contributed by atoms with Gasteiger partial charge < -0.3 is 15.2 Å². The van der Waals surface area contributed by atoms with Gasteiger partial charge in [0.25, 0.3) is 0 Å². The summed E-state index contributed by atoms with van der Waals surface area (Å²) in [6.45, 7) is 1.95. The fourth-order valence-corrected chi connectivity index (χ4v) is 1.50. The van der Waals surface area contributed by atoms with E-state index in [0.29, 0.717) is 0 Å². The Morgan fingerprint density at radius 2 is 2.25 bits per heavy atom. The highest BCUT2D eigenvalue weighted by Gasteiger charge is 2.16. The number of hydrogen-bond acceptors (Lipinski definition) is 5. The molecule has 3 N–H and O–H groups in total. The van der Waals surface area contributed by atoms with Crippen LogP contribution < -0.4 is 15.5 Å². The first kappa shape index (κ1) is 10.5. The fourth-order valence-electron chi connectivity index (χ4n) is 1.50. The van der Waals surface area contributed by atoms with E-state index in [-0.39, 0.29) is 6.17 Å². The zero-order chi connectivity index (χ0) is 11.5. The molecule has 6 heteroatoms. The predicted molar refractivity (Wildman–Crippen MR) is 65.7 cm³/mol. The number of aliphatic imine (C=N–C) groups is 2. The third kappa shape index (κ3) is 2.00. The van der Waals surface area contributed by atoms with E-state index in [1.165, 1.54) is 0 Å². The molecule has 1 unspecified atom stereocenters. The molecule has 0 bridgehead atoms. The second-order valence-corrected chi connectivity index (χ2v) is 3.55. The van der Waals surface area contributed by atoms with Gasteiger partial charge in [0.15, 0.2) is 5.96 Å². The van der Waals surface area contributed by atoms with E-state index in [1.807, 2.05) is 44.2 Å². The van der Waals surface area contributed by atoms with Gasteiger partial charge in [-0.25, -0.2) is 9.98 Å². The van der Waals surface area contributed by atoms with Crippen molar-refractivity contribution in [3.05, 3.63) is 18.3 Å². The minimum atomic E-state index is -0.0730. The van der Waals surface area contributed by atoms with Crippen molar-refractivity contribution in [3.63, 3.8) is 0 Å². The maximum atomic E-state index is 4.42. The molecule has 2 heterocycles. The Bertz CT molecular complexity index is 405. The minimum absolute atomic E-state index is 0.0730. The topological polar surface area (TPSA) is 67.8 Å². The van der Waals surface area contributed by atoms with Crippen molar-refractivity contribution >= 4 is 17.7 Å². The standard InChI is InChI=1S/C10H16N6/c1-7-13-9(11-2)15-10(14-7)16(3)8-5-4-6-12-8/h4-7,12H,1-3H3,(H2,11,13,14,15). The number of anilines is 1. The summed E-state index contributed by atoms with van der Waals surface area (Å²) < 4.78 is 0. The summed E-state index contributed by atoms with van der Waals surface area (Å²) in [4.78, 5) is 13.8. The van der Waals surface area contributed by atoms with E-state index in [1.54, 1.807) is 0 Å². The van der Waals surface area contributed by atoms with E-state index in [4.69, 9.17) is 0 Å². The molecule has 86 valence electrons. The maximum absolute atomic E-state index is 4.42. The molecule has 1 aliphatic heterocycles. The first-order chi connectivity index (χ1) is 7.70. The van der Waals surface area contributed by atoms with Gasteiger partial charge >= 0.3 is 0 Å². The molecule has 1 aromatic heterocycles. The lowest BCUT2D eigenvalue weighted by Crippen LogP contribution is -2.50. The van der Waals surface area contributed by atoms with Crippen LogP contribution in [0.5, 0.6) is 0 Å². The molecule has 2 rings (SSSR count). The smallest absolute Gasteiger partial charge is 0.208 e. The van der Waals surface area contributed by atoms with Crippen LogP contribution in [0.1, 0.15) is 6.92 Å². The number of aromatic amines is 1. The van der Waals surface area contributed by atoms with Crippen molar-refractivity contribution in [2.24, 2.45) is 9.98 Å². The van der Waals surface area contributed by atoms with Gasteiger partial charge in [-0.15, -0.1) is 0 Å². The number of nitrogens with zero attached hydrogens (tertiary/aromatic N) is 3. The molecule has 0 fully saturated rings. The summed E-state index contributed by atoms with van der Waals surface area (Å²) in [5.74, 6) is 2.49.